The van der Waals surface area contributed by atoms with Crippen molar-refractivity contribution < 1.29 is 4.79 Å². The lowest BCUT2D eigenvalue weighted by molar-refractivity contribution is -0.134. The maximum Gasteiger partial charge on any atom is 0.239 e. The third-order valence-electron chi connectivity index (χ3n) is 4.11. The van der Waals surface area contributed by atoms with Crippen LogP contribution in [0.5, 0.6) is 0 Å². The molecule has 0 spiro atoms. The molecule has 0 radical (unpaired) electrons. The van der Waals surface area contributed by atoms with Crippen molar-refractivity contribution in [3.8, 4) is 0 Å². The highest BCUT2D eigenvalue weighted by Crippen LogP contribution is 2.33. The number of amides is 1. The molecule has 98 valence electrons. The van der Waals surface area contributed by atoms with Crippen molar-refractivity contribution in [2.24, 2.45) is 11.7 Å². The average molecular weight is 239 g/mol. The molecule has 2 fully saturated rings. The predicted molar refractivity (Wildman–Crippen MR) is 68.6 cm³/mol. The zero-order chi connectivity index (χ0) is 12.4. The lowest BCUT2D eigenvalue weighted by atomic mass is 10.0. The summed E-state index contributed by atoms with van der Waals surface area (Å²) in [6.45, 7) is 1.75. The first-order valence-electron chi connectivity index (χ1n) is 6.78. The van der Waals surface area contributed by atoms with E-state index in [1.54, 1.807) is 0 Å². The minimum absolute atomic E-state index is 0.175. The molecule has 0 unspecified atom stereocenters. The Morgan fingerprint density at radius 2 is 1.88 bits per heavy atom. The first-order valence-corrected chi connectivity index (χ1v) is 6.78. The van der Waals surface area contributed by atoms with E-state index in [-0.39, 0.29) is 11.9 Å². The molecule has 1 saturated heterocycles. The maximum atomic E-state index is 12.1. The van der Waals surface area contributed by atoms with Crippen LogP contribution < -0.4 is 5.73 Å². The maximum absolute atomic E-state index is 12.1. The summed E-state index contributed by atoms with van der Waals surface area (Å²) in [7, 11) is 4.22. The van der Waals surface area contributed by atoms with E-state index in [2.05, 4.69) is 19.0 Å². The Bertz CT molecular complexity index is 268. The van der Waals surface area contributed by atoms with Crippen LogP contribution in [0.2, 0.25) is 0 Å². The van der Waals surface area contributed by atoms with Gasteiger partial charge in [-0.2, -0.15) is 0 Å². The minimum Gasteiger partial charge on any atom is -0.341 e. The van der Waals surface area contributed by atoms with E-state index in [1.807, 2.05) is 4.90 Å². The molecule has 1 atom stereocenters. The van der Waals surface area contributed by atoms with Gasteiger partial charge in [-0.1, -0.05) is 12.8 Å². The molecular weight excluding hydrogens is 214 g/mol. The predicted octanol–water partition coefficient (Wildman–Crippen LogP) is 0.666. The highest BCUT2D eigenvalue weighted by atomic mass is 16.2. The number of nitrogens with zero attached hydrogens (tertiary/aromatic N) is 2. The van der Waals surface area contributed by atoms with E-state index in [9.17, 15) is 4.79 Å². The van der Waals surface area contributed by atoms with Crippen molar-refractivity contribution in [2.75, 3.05) is 27.2 Å². The molecule has 0 aromatic heterocycles. The Morgan fingerprint density at radius 3 is 2.35 bits per heavy atom. The fourth-order valence-corrected chi connectivity index (χ4v) is 2.65. The van der Waals surface area contributed by atoms with Crippen LogP contribution in [0.25, 0.3) is 0 Å². The van der Waals surface area contributed by atoms with E-state index < -0.39 is 0 Å². The summed E-state index contributed by atoms with van der Waals surface area (Å²) in [6.07, 6.45) is 5.59. The van der Waals surface area contributed by atoms with Gasteiger partial charge in [0.15, 0.2) is 0 Å². The van der Waals surface area contributed by atoms with Crippen LogP contribution in [-0.4, -0.2) is 55.0 Å². The number of nitrogens with two attached hydrogens (primary N) is 1. The molecule has 2 aliphatic rings. The first-order chi connectivity index (χ1) is 8.08. The van der Waals surface area contributed by atoms with Crippen LogP contribution in [0.3, 0.4) is 0 Å². The van der Waals surface area contributed by atoms with Gasteiger partial charge in [-0.05, 0) is 39.3 Å². The molecule has 0 bridgehead atoms. The highest BCUT2D eigenvalue weighted by Gasteiger charge is 2.31. The summed E-state index contributed by atoms with van der Waals surface area (Å²) in [5.74, 6) is 0.905. The van der Waals surface area contributed by atoms with Crippen molar-refractivity contribution >= 4 is 5.91 Å². The standard InChI is InChI=1S/C13H25N3O/c1-15(2)11-5-7-16(8-6-11)13(17)12(14)9-10-3-4-10/h10-12H,3-9,14H2,1-2H3/t12-/m0/s1. The van der Waals surface area contributed by atoms with Gasteiger partial charge >= 0.3 is 0 Å². The van der Waals surface area contributed by atoms with Gasteiger partial charge in [0, 0.05) is 19.1 Å². The van der Waals surface area contributed by atoms with E-state index in [4.69, 9.17) is 5.73 Å². The molecule has 4 heteroatoms. The van der Waals surface area contributed by atoms with Crippen LogP contribution in [0.1, 0.15) is 32.1 Å². The Balaban J connectivity index is 1.76. The van der Waals surface area contributed by atoms with Crippen molar-refractivity contribution in [1.29, 1.82) is 0 Å². The Kier molecular flexibility index (Phi) is 4.05. The highest BCUT2D eigenvalue weighted by molar-refractivity contribution is 5.81. The molecule has 4 nitrogen and oxygen atoms in total. The van der Waals surface area contributed by atoms with Gasteiger partial charge < -0.3 is 15.5 Å². The largest absolute Gasteiger partial charge is 0.341 e. The van der Waals surface area contributed by atoms with Gasteiger partial charge in [-0.3, -0.25) is 4.79 Å². The van der Waals surface area contributed by atoms with Gasteiger partial charge in [-0.25, -0.2) is 0 Å². The molecule has 1 saturated carbocycles. The molecule has 0 aromatic rings. The van der Waals surface area contributed by atoms with Crippen LogP contribution in [-0.2, 0) is 4.79 Å². The Morgan fingerprint density at radius 1 is 1.29 bits per heavy atom. The second-order valence-corrected chi connectivity index (χ2v) is 5.81. The van der Waals surface area contributed by atoms with Gasteiger partial charge in [0.2, 0.25) is 5.91 Å². The van der Waals surface area contributed by atoms with Crippen LogP contribution in [0, 0.1) is 5.92 Å². The SMILES string of the molecule is CN(C)C1CCN(C(=O)[C@@H](N)CC2CC2)CC1. The summed E-state index contributed by atoms with van der Waals surface area (Å²) in [5, 5.41) is 0. The fourth-order valence-electron chi connectivity index (χ4n) is 2.65. The molecule has 0 aromatic carbocycles. The molecule has 2 N–H and O–H groups in total. The van der Waals surface area contributed by atoms with Crippen LogP contribution in [0.4, 0.5) is 0 Å². The number of hydrogen-bond donors (Lipinski definition) is 1. The topological polar surface area (TPSA) is 49.6 Å². The molecule has 2 rings (SSSR count). The first kappa shape index (κ1) is 12.8. The average Bonchev–Trinajstić information content (AvgIpc) is 3.12. The van der Waals surface area contributed by atoms with E-state index in [1.165, 1.54) is 12.8 Å². The summed E-state index contributed by atoms with van der Waals surface area (Å²) in [5.41, 5.74) is 5.98. The van der Waals surface area contributed by atoms with Gasteiger partial charge in [0.25, 0.3) is 0 Å². The third-order valence-corrected chi connectivity index (χ3v) is 4.11. The van der Waals surface area contributed by atoms with Gasteiger partial charge in [-0.15, -0.1) is 0 Å². The number of carbonyl (C=O) groups is 1. The second-order valence-electron chi connectivity index (χ2n) is 5.81. The number of rotatable bonds is 4. The normalized spacial score (nSPS) is 24.1. The van der Waals surface area contributed by atoms with Crippen molar-refractivity contribution in [2.45, 2.75) is 44.2 Å². The van der Waals surface area contributed by atoms with Crippen LogP contribution >= 0.6 is 0 Å². The number of likely N-dealkylation sites (tertiary alicyclic amines) is 1. The van der Waals surface area contributed by atoms with E-state index in [0.29, 0.717) is 6.04 Å². The summed E-state index contributed by atoms with van der Waals surface area (Å²) < 4.78 is 0. The van der Waals surface area contributed by atoms with Crippen molar-refractivity contribution in [3.63, 3.8) is 0 Å². The number of hydrogen-bond acceptors (Lipinski definition) is 3. The monoisotopic (exact) mass is 239 g/mol. The third kappa shape index (κ3) is 3.42. The number of piperidine rings is 1. The van der Waals surface area contributed by atoms with E-state index in [0.717, 1.165) is 38.3 Å². The molecule has 1 aliphatic heterocycles. The van der Waals surface area contributed by atoms with E-state index >= 15 is 0 Å². The van der Waals surface area contributed by atoms with Gasteiger partial charge in [0.05, 0.1) is 6.04 Å². The summed E-state index contributed by atoms with van der Waals surface area (Å²) >= 11 is 0. The molecule has 17 heavy (non-hydrogen) atoms. The molecule has 1 heterocycles. The van der Waals surface area contributed by atoms with Gasteiger partial charge in [0.1, 0.15) is 0 Å². The summed E-state index contributed by atoms with van der Waals surface area (Å²) in [6, 6.07) is 0.372. The summed E-state index contributed by atoms with van der Waals surface area (Å²) in [4.78, 5) is 16.3. The lowest BCUT2D eigenvalue weighted by Gasteiger charge is -2.36. The number of carbonyl (C=O) groups excluding carboxylic acids is 1. The molecular formula is C13H25N3O. The zero-order valence-corrected chi connectivity index (χ0v) is 11.1. The smallest absolute Gasteiger partial charge is 0.239 e. The second kappa shape index (κ2) is 5.36. The minimum atomic E-state index is -0.251. The fraction of sp³-hybridized carbons (Fsp3) is 0.923. The molecule has 1 aliphatic carbocycles. The molecule has 1 amide bonds. The van der Waals surface area contributed by atoms with Crippen molar-refractivity contribution in [3.05, 3.63) is 0 Å². The zero-order valence-electron chi connectivity index (χ0n) is 11.1. The van der Waals surface area contributed by atoms with Crippen molar-refractivity contribution in [1.82, 2.24) is 9.80 Å². The lowest BCUT2D eigenvalue weighted by Crippen LogP contribution is -2.50. The Hall–Kier alpha value is -0.610. The van der Waals surface area contributed by atoms with Crippen LogP contribution in [0.15, 0.2) is 0 Å². The Labute approximate surface area is 104 Å². The quantitative estimate of drug-likeness (QED) is 0.784.